The van der Waals surface area contributed by atoms with Crippen LogP contribution in [0.5, 0.6) is 0 Å². The topological polar surface area (TPSA) is 60.9 Å². The summed E-state index contributed by atoms with van der Waals surface area (Å²) in [6, 6.07) is 11.9. The molecule has 2 N–H and O–H groups in total. The zero-order valence-corrected chi connectivity index (χ0v) is 20.1. The smallest absolute Gasteiger partial charge is 0.251 e. The average molecular weight is 444 g/mol. The van der Waals surface area contributed by atoms with E-state index in [1.165, 1.54) is 11.8 Å². The highest BCUT2D eigenvalue weighted by Crippen LogP contribution is 2.33. The molecular weight excluding hydrogens is 413 g/mol. The van der Waals surface area contributed by atoms with Crippen LogP contribution in [0.25, 0.3) is 11.1 Å². The first-order valence-corrected chi connectivity index (χ1v) is 12.9. The Kier molecular flexibility index (Phi) is 9.08. The van der Waals surface area contributed by atoms with E-state index in [0.717, 1.165) is 29.3 Å². The van der Waals surface area contributed by atoms with Crippen LogP contribution in [-0.4, -0.2) is 22.9 Å². The number of pyridine rings is 2. The molecule has 0 atom stereocenters. The summed E-state index contributed by atoms with van der Waals surface area (Å²) in [5.41, 5.74) is 9.98. The first kappa shape index (κ1) is 24.1. The van der Waals surface area contributed by atoms with Gasteiger partial charge in [0, 0.05) is 24.0 Å². The van der Waals surface area contributed by atoms with Gasteiger partial charge in [0.25, 0.3) is 5.56 Å². The molecule has 0 bridgehead atoms. The number of halogens is 1. The standard InChI is InChI=1S/C22H25ClN3OP.C2H6/c1-4-5-15-6-8-16(9-7-15)13-26-14-20(28(2)3)18(11-21(26)27)19-10-17(23)12-25-22(19)24;1-2/h6-12,14H,4-5,13H2,1-3H3,(H2,24,25);1-2H3. The van der Waals surface area contributed by atoms with Gasteiger partial charge in [-0.3, -0.25) is 4.79 Å². The van der Waals surface area contributed by atoms with Gasteiger partial charge in [-0.2, -0.15) is 0 Å². The second-order valence-corrected chi connectivity index (χ2v) is 9.79. The molecule has 2 aromatic heterocycles. The number of benzene rings is 1. The minimum absolute atomic E-state index is 0.0624. The summed E-state index contributed by atoms with van der Waals surface area (Å²) in [5, 5.41) is 1.61. The van der Waals surface area contributed by atoms with E-state index in [1.807, 2.05) is 20.0 Å². The van der Waals surface area contributed by atoms with Crippen molar-refractivity contribution in [2.45, 2.75) is 40.2 Å². The van der Waals surface area contributed by atoms with Crippen LogP contribution < -0.4 is 16.6 Å². The largest absolute Gasteiger partial charge is 0.383 e. The van der Waals surface area contributed by atoms with Crippen molar-refractivity contribution in [3.05, 3.63) is 75.3 Å². The van der Waals surface area contributed by atoms with Gasteiger partial charge < -0.3 is 10.3 Å². The number of hydrogen-bond acceptors (Lipinski definition) is 3. The molecule has 0 saturated heterocycles. The summed E-state index contributed by atoms with van der Waals surface area (Å²) in [5.74, 6) is 0.381. The Balaban J connectivity index is 0.00000155. The van der Waals surface area contributed by atoms with Gasteiger partial charge in [0.1, 0.15) is 5.82 Å². The predicted octanol–water partition coefficient (Wildman–Crippen LogP) is 5.54. The van der Waals surface area contributed by atoms with Gasteiger partial charge in [0.05, 0.1) is 11.6 Å². The van der Waals surface area contributed by atoms with Crippen molar-refractivity contribution in [2.24, 2.45) is 0 Å². The number of nitrogen functional groups attached to an aromatic ring is 1. The van der Waals surface area contributed by atoms with Gasteiger partial charge in [0.15, 0.2) is 0 Å². The summed E-state index contributed by atoms with van der Waals surface area (Å²) in [6.45, 7) is 11.0. The van der Waals surface area contributed by atoms with Gasteiger partial charge in [-0.15, -0.1) is 0 Å². The third-order valence-corrected chi connectivity index (χ3v) is 6.20. The lowest BCUT2D eigenvalue weighted by Crippen LogP contribution is -2.25. The molecule has 0 fully saturated rings. The molecule has 4 nitrogen and oxygen atoms in total. The molecule has 3 rings (SSSR count). The fraction of sp³-hybridized carbons (Fsp3) is 0.333. The van der Waals surface area contributed by atoms with Crippen molar-refractivity contribution in [2.75, 3.05) is 19.1 Å². The lowest BCUT2D eigenvalue weighted by Gasteiger charge is -2.17. The molecule has 160 valence electrons. The van der Waals surface area contributed by atoms with Crippen LogP contribution in [0.15, 0.2) is 53.6 Å². The Morgan fingerprint density at radius 3 is 2.30 bits per heavy atom. The van der Waals surface area contributed by atoms with Gasteiger partial charge in [0.2, 0.25) is 0 Å². The predicted molar refractivity (Wildman–Crippen MR) is 133 cm³/mol. The highest BCUT2D eigenvalue weighted by molar-refractivity contribution is 7.64. The lowest BCUT2D eigenvalue weighted by atomic mass is 10.1. The Morgan fingerprint density at radius 2 is 1.70 bits per heavy atom. The highest BCUT2D eigenvalue weighted by atomic mass is 35.5. The average Bonchev–Trinajstić information content (AvgIpc) is 2.74. The molecule has 0 unspecified atom stereocenters. The second-order valence-electron chi connectivity index (χ2n) is 7.09. The number of nitrogens with two attached hydrogens (primary N) is 1. The fourth-order valence-electron chi connectivity index (χ4n) is 3.22. The molecule has 0 aliphatic heterocycles. The van der Waals surface area contributed by atoms with Crippen LogP contribution in [0.4, 0.5) is 5.82 Å². The first-order chi connectivity index (χ1) is 14.4. The third kappa shape index (κ3) is 5.93. The van der Waals surface area contributed by atoms with E-state index in [9.17, 15) is 4.79 Å². The van der Waals surface area contributed by atoms with E-state index >= 15 is 0 Å². The molecule has 3 aromatic rings. The lowest BCUT2D eigenvalue weighted by molar-refractivity contribution is 0.763. The molecule has 6 heteroatoms. The maximum Gasteiger partial charge on any atom is 0.251 e. The highest BCUT2D eigenvalue weighted by Gasteiger charge is 2.15. The maximum atomic E-state index is 12.8. The number of aryl methyl sites for hydroxylation is 1. The summed E-state index contributed by atoms with van der Waals surface area (Å²) < 4.78 is 1.77. The molecule has 0 radical (unpaired) electrons. The normalized spacial score (nSPS) is 10.6. The Morgan fingerprint density at radius 1 is 1.07 bits per heavy atom. The molecule has 0 aliphatic rings. The molecule has 0 spiro atoms. The molecule has 2 heterocycles. The van der Waals surface area contributed by atoms with Crippen molar-refractivity contribution in [3.8, 4) is 11.1 Å². The number of nitrogens with zero attached hydrogens (tertiary/aromatic N) is 2. The molecular formula is C24H31ClN3OP. The van der Waals surface area contributed by atoms with Crippen molar-refractivity contribution >= 4 is 30.6 Å². The minimum Gasteiger partial charge on any atom is -0.383 e. The zero-order chi connectivity index (χ0) is 22.3. The third-order valence-electron chi connectivity index (χ3n) is 4.68. The monoisotopic (exact) mass is 443 g/mol. The Hall–Kier alpha value is -2.16. The van der Waals surface area contributed by atoms with Crippen LogP contribution in [0.3, 0.4) is 0 Å². The van der Waals surface area contributed by atoms with Crippen LogP contribution >= 0.6 is 19.5 Å². The Labute approximate surface area is 185 Å². The van der Waals surface area contributed by atoms with Crippen LogP contribution in [0, 0.1) is 0 Å². The van der Waals surface area contributed by atoms with Crippen molar-refractivity contribution in [1.82, 2.24) is 9.55 Å². The van der Waals surface area contributed by atoms with E-state index in [0.29, 0.717) is 22.9 Å². The van der Waals surface area contributed by atoms with E-state index < -0.39 is 7.92 Å². The summed E-state index contributed by atoms with van der Waals surface area (Å²) in [7, 11) is -0.461. The van der Waals surface area contributed by atoms with Crippen LogP contribution in [0.1, 0.15) is 38.3 Å². The van der Waals surface area contributed by atoms with Crippen molar-refractivity contribution < 1.29 is 0 Å². The number of rotatable bonds is 6. The number of hydrogen-bond donors (Lipinski definition) is 1. The van der Waals surface area contributed by atoms with E-state index in [-0.39, 0.29) is 5.56 Å². The minimum atomic E-state index is -0.461. The number of aromatic nitrogens is 2. The van der Waals surface area contributed by atoms with Crippen molar-refractivity contribution in [3.63, 3.8) is 0 Å². The van der Waals surface area contributed by atoms with Gasteiger partial charge >= 0.3 is 0 Å². The quantitative estimate of drug-likeness (QED) is 0.509. The van der Waals surface area contributed by atoms with Crippen LogP contribution in [-0.2, 0) is 13.0 Å². The summed E-state index contributed by atoms with van der Waals surface area (Å²) in [4.78, 5) is 17.0. The van der Waals surface area contributed by atoms with E-state index in [1.54, 1.807) is 16.7 Å². The fourth-order valence-corrected chi connectivity index (χ4v) is 4.41. The maximum absolute atomic E-state index is 12.8. The van der Waals surface area contributed by atoms with Gasteiger partial charge in [-0.1, -0.05) is 71.0 Å². The zero-order valence-electron chi connectivity index (χ0n) is 18.4. The van der Waals surface area contributed by atoms with E-state index in [4.69, 9.17) is 17.3 Å². The molecule has 0 amide bonds. The summed E-state index contributed by atoms with van der Waals surface area (Å²) in [6.07, 6.45) is 5.68. The van der Waals surface area contributed by atoms with E-state index in [2.05, 4.69) is 49.5 Å². The SMILES string of the molecule is CC.CCCc1ccc(Cn2cc(P(C)C)c(-c3cc(Cl)cnc3N)cc2=O)cc1. The first-order valence-electron chi connectivity index (χ1n) is 10.3. The molecule has 30 heavy (non-hydrogen) atoms. The Bertz CT molecular complexity index is 1030. The number of anilines is 1. The van der Waals surface area contributed by atoms with Gasteiger partial charge in [-0.25, -0.2) is 4.98 Å². The van der Waals surface area contributed by atoms with Gasteiger partial charge in [-0.05, 0) is 47.8 Å². The molecule has 1 aromatic carbocycles. The second kappa shape index (κ2) is 11.3. The molecule has 0 saturated carbocycles. The van der Waals surface area contributed by atoms with Crippen molar-refractivity contribution in [1.29, 1.82) is 0 Å². The summed E-state index contributed by atoms with van der Waals surface area (Å²) >= 11 is 6.12. The van der Waals surface area contributed by atoms with Crippen LogP contribution in [0.2, 0.25) is 5.02 Å². The molecule has 0 aliphatic carbocycles.